The van der Waals surface area contributed by atoms with Crippen LogP contribution in [0.4, 0.5) is 23.0 Å². The van der Waals surface area contributed by atoms with Crippen LogP contribution >= 0.6 is 11.8 Å². The summed E-state index contributed by atoms with van der Waals surface area (Å²) in [5, 5.41) is 25.9. The van der Waals surface area contributed by atoms with Gasteiger partial charge >= 0.3 is 19.5 Å². The van der Waals surface area contributed by atoms with E-state index in [4.69, 9.17) is 5.73 Å². The van der Waals surface area contributed by atoms with Gasteiger partial charge in [-0.1, -0.05) is 42.8 Å². The van der Waals surface area contributed by atoms with Gasteiger partial charge in [-0.15, -0.1) is 20.5 Å². The molecule has 0 bridgehead atoms. The Morgan fingerprint density at radius 2 is 1.37 bits per heavy atom. The summed E-state index contributed by atoms with van der Waals surface area (Å²) in [6.07, 6.45) is 8.97. The van der Waals surface area contributed by atoms with E-state index in [1.165, 1.54) is 11.8 Å². The number of pyridine rings is 3. The molecule has 10 nitrogen and oxygen atoms in total. The molecule has 1 aromatic carbocycles. The van der Waals surface area contributed by atoms with Crippen LogP contribution in [-0.4, -0.2) is 39.0 Å². The molecule has 1 atom stereocenters. The van der Waals surface area contributed by atoms with Crippen LogP contribution < -0.4 is 5.11 Å². The van der Waals surface area contributed by atoms with Gasteiger partial charge in [0.15, 0.2) is 11.6 Å². The van der Waals surface area contributed by atoms with Crippen LogP contribution in [0.15, 0.2) is 124 Å². The maximum atomic E-state index is 9.90. The molecule has 1 N–H and O–H groups in total. The van der Waals surface area contributed by atoms with Crippen LogP contribution in [0, 0.1) is 0 Å². The molecule has 0 radical (unpaired) electrons. The summed E-state index contributed by atoms with van der Waals surface area (Å²) in [5.74, 6) is 0.652. The molecule has 0 amide bonds. The number of thioether (sulfide) groups is 1. The number of nitrogens with zero attached hydrogens (tertiary/aromatic N) is 7. The Balaban J connectivity index is 0.000000290. The molecule has 4 aromatic rings. The first kappa shape index (κ1) is 32.3. The van der Waals surface area contributed by atoms with Crippen molar-refractivity contribution in [2.24, 2.45) is 20.5 Å². The van der Waals surface area contributed by atoms with E-state index < -0.39 is 12.0 Å². The first-order valence-electron chi connectivity index (χ1n) is 11.1. The molecule has 3 aromatic heterocycles. The SMILES string of the molecule is CSCCC([NH-])C(=O)[O-].[Ru+2].c1ccc(N=Nc2ccccn2)cc1.c1ccc(N=Nc2cccnc2)nc1. The normalized spacial score (nSPS) is 10.9. The number of hydrogen-bond donors (Lipinski definition) is 0. The Morgan fingerprint density at radius 3 is 1.84 bits per heavy atom. The number of azo groups is 2. The van der Waals surface area contributed by atoms with Crippen molar-refractivity contribution in [1.29, 1.82) is 0 Å². The fourth-order valence-corrected chi connectivity index (χ4v) is 2.78. The van der Waals surface area contributed by atoms with Crippen LogP contribution in [0.2, 0.25) is 0 Å². The zero-order valence-corrected chi connectivity index (χ0v) is 23.1. The summed E-state index contributed by atoms with van der Waals surface area (Å²) < 4.78 is 0. The van der Waals surface area contributed by atoms with E-state index in [0.717, 1.165) is 11.4 Å². The van der Waals surface area contributed by atoms with E-state index in [2.05, 4.69) is 35.4 Å². The molecule has 196 valence electrons. The molecular formula is C26H26N8O2RuS. The number of carboxylic acids is 1. The monoisotopic (exact) mass is 616 g/mol. The average molecular weight is 616 g/mol. The third-order valence-electron chi connectivity index (χ3n) is 4.13. The second-order valence-electron chi connectivity index (χ2n) is 6.98. The van der Waals surface area contributed by atoms with Crippen LogP contribution in [0.25, 0.3) is 5.73 Å². The number of aliphatic carboxylic acids is 1. The zero-order valence-electron chi connectivity index (χ0n) is 20.5. The van der Waals surface area contributed by atoms with Crippen LogP contribution in [-0.2, 0) is 24.3 Å². The Labute approximate surface area is 238 Å². The van der Waals surface area contributed by atoms with Gasteiger partial charge in [-0.3, -0.25) is 4.98 Å². The fourth-order valence-electron chi connectivity index (χ4n) is 2.30. The van der Waals surface area contributed by atoms with E-state index in [0.29, 0.717) is 23.8 Å². The predicted molar refractivity (Wildman–Crippen MR) is 144 cm³/mol. The van der Waals surface area contributed by atoms with Gasteiger partial charge in [-0.2, -0.15) is 11.8 Å². The Morgan fingerprint density at radius 1 is 0.816 bits per heavy atom. The molecule has 0 saturated heterocycles. The Kier molecular flexibility index (Phi) is 17.3. The number of carbonyl (C=O) groups is 1. The van der Waals surface area contributed by atoms with Crippen molar-refractivity contribution in [1.82, 2.24) is 15.0 Å². The van der Waals surface area contributed by atoms with Gasteiger partial charge in [-0.05, 0) is 60.5 Å². The largest absolute Gasteiger partial charge is 2.00 e. The topological polar surface area (TPSA) is 152 Å². The summed E-state index contributed by atoms with van der Waals surface area (Å²) in [6, 6.07) is 23.2. The summed E-state index contributed by atoms with van der Waals surface area (Å²) in [5.41, 5.74) is 8.41. The Bertz CT molecular complexity index is 1040. The van der Waals surface area contributed by atoms with E-state index in [1.54, 1.807) is 30.9 Å². The van der Waals surface area contributed by atoms with Crippen molar-refractivity contribution in [2.45, 2.75) is 12.5 Å². The second-order valence-corrected chi connectivity index (χ2v) is 7.96. The van der Waals surface area contributed by atoms with Gasteiger partial charge in [0.2, 0.25) is 0 Å². The minimum absolute atomic E-state index is 0. The minimum Gasteiger partial charge on any atom is -0.670 e. The van der Waals surface area contributed by atoms with E-state index in [9.17, 15) is 9.90 Å². The van der Waals surface area contributed by atoms with Crippen molar-refractivity contribution in [3.05, 3.63) is 109 Å². The zero-order chi connectivity index (χ0) is 26.6. The summed E-state index contributed by atoms with van der Waals surface area (Å²) in [7, 11) is 0. The molecule has 38 heavy (non-hydrogen) atoms. The van der Waals surface area contributed by atoms with E-state index in [1.807, 2.05) is 79.1 Å². The van der Waals surface area contributed by atoms with Crippen LogP contribution in [0.3, 0.4) is 0 Å². The third-order valence-corrected chi connectivity index (χ3v) is 4.78. The van der Waals surface area contributed by atoms with Gasteiger partial charge in [0.25, 0.3) is 0 Å². The molecule has 0 spiro atoms. The van der Waals surface area contributed by atoms with Crippen molar-refractivity contribution in [2.75, 3.05) is 12.0 Å². The van der Waals surface area contributed by atoms with Crippen LogP contribution in [0.5, 0.6) is 0 Å². The van der Waals surface area contributed by atoms with Gasteiger partial charge in [0.1, 0.15) is 5.69 Å². The van der Waals surface area contributed by atoms with Gasteiger partial charge in [0, 0.05) is 24.6 Å². The number of carboxylic acid groups (broad SMARTS) is 1. The van der Waals surface area contributed by atoms with Crippen molar-refractivity contribution in [3.8, 4) is 0 Å². The van der Waals surface area contributed by atoms with Crippen molar-refractivity contribution >= 4 is 40.7 Å². The summed E-state index contributed by atoms with van der Waals surface area (Å²) in [6.45, 7) is 0. The molecule has 0 aliphatic carbocycles. The van der Waals surface area contributed by atoms with Gasteiger partial charge in [-0.25, -0.2) is 9.97 Å². The molecule has 4 rings (SSSR count). The molecule has 3 heterocycles. The summed E-state index contributed by atoms with van der Waals surface area (Å²) in [4.78, 5) is 21.9. The van der Waals surface area contributed by atoms with Crippen LogP contribution in [0.1, 0.15) is 6.42 Å². The predicted octanol–water partition coefficient (Wildman–Crippen LogP) is 6.30. The maximum absolute atomic E-state index is 9.90. The quantitative estimate of drug-likeness (QED) is 0.168. The number of carbonyl (C=O) groups excluding carboxylic acids is 1. The van der Waals surface area contributed by atoms with E-state index in [-0.39, 0.29) is 19.5 Å². The summed E-state index contributed by atoms with van der Waals surface area (Å²) >= 11 is 1.54. The second kappa shape index (κ2) is 20.3. The molecule has 0 aliphatic rings. The molecule has 0 aliphatic heterocycles. The molecule has 1 unspecified atom stereocenters. The first-order valence-corrected chi connectivity index (χ1v) is 12.5. The number of benzene rings is 1. The molecule has 0 saturated carbocycles. The third kappa shape index (κ3) is 14.7. The van der Waals surface area contributed by atoms with Crippen molar-refractivity contribution < 1.29 is 29.4 Å². The maximum Gasteiger partial charge on any atom is 2.00 e. The minimum atomic E-state index is -1.27. The number of hydrogen-bond acceptors (Lipinski definition) is 10. The molecule has 0 fully saturated rings. The van der Waals surface area contributed by atoms with Crippen molar-refractivity contribution in [3.63, 3.8) is 0 Å². The fraction of sp³-hybridized carbons (Fsp3) is 0.154. The van der Waals surface area contributed by atoms with Gasteiger partial charge < -0.3 is 15.6 Å². The number of nitrogens with one attached hydrogen (secondary N) is 1. The average Bonchev–Trinajstić information content (AvgIpc) is 2.96. The smallest absolute Gasteiger partial charge is 0.670 e. The standard InChI is InChI=1S/C11H9N3.C10H8N4.C5H10NO2S.Ru/c1-2-6-10(7-3-1)13-14-11-8-4-5-9-12-11;1-2-7-12-10(5-1)14-13-9-4-3-6-11-8-9;1-9-3-2-4(6)5(7)8;/h1-9H;1-8H;4,6H,2-3H2,1H3,(H,7,8);/q;;-1;+2/p-1. The molecular weight excluding hydrogens is 589 g/mol. The first-order chi connectivity index (χ1) is 18.1. The number of rotatable bonds is 8. The number of aromatic nitrogens is 3. The van der Waals surface area contributed by atoms with E-state index >= 15 is 0 Å². The van der Waals surface area contributed by atoms with Gasteiger partial charge in [0.05, 0.1) is 11.9 Å². The molecule has 12 heteroatoms. The Hall–Kier alpha value is -3.73.